The lowest BCUT2D eigenvalue weighted by molar-refractivity contribution is -0.181. The second-order valence-corrected chi connectivity index (χ2v) is 6.33. The first kappa shape index (κ1) is 17.1. The highest BCUT2D eigenvalue weighted by Gasteiger charge is 2.40. The second kappa shape index (κ2) is 7.90. The van der Waals surface area contributed by atoms with E-state index >= 15 is 0 Å². The van der Waals surface area contributed by atoms with E-state index < -0.39 is 5.79 Å². The molecule has 0 unspecified atom stereocenters. The van der Waals surface area contributed by atoms with Gasteiger partial charge in [0.15, 0.2) is 5.79 Å². The molecule has 2 aliphatic rings. The zero-order valence-electron chi connectivity index (χ0n) is 14.3. The Labute approximate surface area is 142 Å². The van der Waals surface area contributed by atoms with Crippen LogP contribution >= 0.6 is 0 Å². The van der Waals surface area contributed by atoms with Crippen LogP contribution in [0.5, 0.6) is 0 Å². The molecule has 1 N–H and O–H groups in total. The third-order valence-corrected chi connectivity index (χ3v) is 4.59. The van der Waals surface area contributed by atoms with Gasteiger partial charge in [-0.15, -0.1) is 0 Å². The molecule has 1 amide bonds. The minimum absolute atomic E-state index is 0.0274. The summed E-state index contributed by atoms with van der Waals surface area (Å²) in [7, 11) is 0. The third kappa shape index (κ3) is 4.02. The van der Waals surface area contributed by atoms with Crippen molar-refractivity contribution in [3.05, 3.63) is 18.0 Å². The summed E-state index contributed by atoms with van der Waals surface area (Å²) in [5, 5.41) is 3.18. The first-order valence-electron chi connectivity index (χ1n) is 8.85. The van der Waals surface area contributed by atoms with Crippen LogP contribution in [-0.2, 0) is 9.47 Å². The molecule has 7 nitrogen and oxygen atoms in total. The van der Waals surface area contributed by atoms with Gasteiger partial charge in [-0.25, -0.2) is 9.97 Å². The van der Waals surface area contributed by atoms with Gasteiger partial charge in [0.1, 0.15) is 0 Å². The molecular weight excluding hydrogens is 308 g/mol. The highest BCUT2D eigenvalue weighted by atomic mass is 16.7. The van der Waals surface area contributed by atoms with Crippen molar-refractivity contribution in [2.45, 2.75) is 44.8 Å². The van der Waals surface area contributed by atoms with Crippen LogP contribution < -0.4 is 5.32 Å². The minimum atomic E-state index is -0.459. The zero-order chi connectivity index (χ0) is 16.8. The van der Waals surface area contributed by atoms with Crippen LogP contribution in [0, 0.1) is 0 Å². The van der Waals surface area contributed by atoms with E-state index in [1.165, 1.54) is 12.8 Å². The van der Waals surface area contributed by atoms with Crippen molar-refractivity contribution in [3.63, 3.8) is 0 Å². The molecule has 0 radical (unpaired) electrons. The van der Waals surface area contributed by atoms with Gasteiger partial charge in [0, 0.05) is 44.9 Å². The van der Waals surface area contributed by atoms with Crippen LogP contribution in [0.2, 0.25) is 0 Å². The summed E-state index contributed by atoms with van der Waals surface area (Å²) >= 11 is 0. The third-order valence-electron chi connectivity index (χ3n) is 4.59. The summed E-state index contributed by atoms with van der Waals surface area (Å²) in [6.45, 7) is 5.59. The number of nitrogens with zero attached hydrogens (tertiary/aromatic N) is 3. The first-order valence-corrected chi connectivity index (χ1v) is 8.85. The number of carbonyl (C=O) groups excluding carboxylic acids is 1. The van der Waals surface area contributed by atoms with Crippen LogP contribution in [0.4, 0.5) is 5.95 Å². The van der Waals surface area contributed by atoms with Crippen LogP contribution in [0.25, 0.3) is 0 Å². The number of carbonyl (C=O) groups is 1. The van der Waals surface area contributed by atoms with Crippen LogP contribution in [0.1, 0.15) is 49.4 Å². The van der Waals surface area contributed by atoms with Crippen LogP contribution in [0.15, 0.2) is 12.4 Å². The number of nitrogens with one attached hydrogen (secondary N) is 1. The molecule has 1 spiro atoms. The van der Waals surface area contributed by atoms with Crippen molar-refractivity contribution in [2.75, 3.05) is 38.2 Å². The molecule has 7 heteroatoms. The number of amides is 1. The van der Waals surface area contributed by atoms with E-state index in [-0.39, 0.29) is 5.91 Å². The number of hydrogen-bond donors (Lipinski definition) is 1. The summed E-state index contributed by atoms with van der Waals surface area (Å²) in [6.07, 6.45) is 8.11. The smallest absolute Gasteiger partial charge is 0.256 e. The first-order chi connectivity index (χ1) is 11.7. The highest BCUT2D eigenvalue weighted by molar-refractivity contribution is 5.93. The summed E-state index contributed by atoms with van der Waals surface area (Å²) in [6, 6.07) is 0. The number of hydrogen-bond acceptors (Lipinski definition) is 6. The molecule has 0 bridgehead atoms. The lowest BCUT2D eigenvalue weighted by Gasteiger charge is -2.37. The van der Waals surface area contributed by atoms with Gasteiger partial charge in [-0.2, -0.15) is 0 Å². The predicted octanol–water partition coefficient (Wildman–Crippen LogP) is 2.06. The maximum absolute atomic E-state index is 12.6. The average Bonchev–Trinajstić information content (AvgIpc) is 3.07. The molecule has 2 aliphatic heterocycles. The van der Waals surface area contributed by atoms with Gasteiger partial charge < -0.3 is 19.7 Å². The Balaban J connectivity index is 1.50. The lowest BCUT2D eigenvalue weighted by Crippen LogP contribution is -2.47. The number of rotatable bonds is 6. The normalized spacial score (nSPS) is 19.6. The van der Waals surface area contributed by atoms with E-state index in [0.717, 1.165) is 25.8 Å². The molecule has 1 aromatic heterocycles. The summed E-state index contributed by atoms with van der Waals surface area (Å²) in [4.78, 5) is 22.9. The molecular formula is C17H26N4O3. The Hall–Kier alpha value is -1.73. The van der Waals surface area contributed by atoms with E-state index in [0.29, 0.717) is 37.8 Å². The Morgan fingerprint density at radius 2 is 1.88 bits per heavy atom. The van der Waals surface area contributed by atoms with Gasteiger partial charge in [-0.1, -0.05) is 19.8 Å². The zero-order valence-corrected chi connectivity index (χ0v) is 14.3. The Bertz CT molecular complexity index is 533. The van der Waals surface area contributed by atoms with Crippen molar-refractivity contribution < 1.29 is 14.3 Å². The number of ether oxygens (including phenoxy) is 2. The van der Waals surface area contributed by atoms with E-state index in [2.05, 4.69) is 22.2 Å². The fraction of sp³-hybridized carbons (Fsp3) is 0.706. The van der Waals surface area contributed by atoms with Gasteiger partial charge in [-0.05, 0) is 6.42 Å². The van der Waals surface area contributed by atoms with Crippen molar-refractivity contribution in [1.29, 1.82) is 0 Å². The van der Waals surface area contributed by atoms with Crippen molar-refractivity contribution >= 4 is 11.9 Å². The monoisotopic (exact) mass is 334 g/mol. The van der Waals surface area contributed by atoms with Crippen molar-refractivity contribution in [1.82, 2.24) is 14.9 Å². The number of piperidine rings is 1. The molecule has 0 atom stereocenters. The van der Waals surface area contributed by atoms with Crippen LogP contribution in [-0.4, -0.2) is 59.4 Å². The molecule has 2 fully saturated rings. The molecule has 3 rings (SSSR count). The van der Waals surface area contributed by atoms with E-state index in [9.17, 15) is 4.79 Å². The Morgan fingerprint density at radius 1 is 1.21 bits per heavy atom. The van der Waals surface area contributed by atoms with Crippen LogP contribution in [0.3, 0.4) is 0 Å². The fourth-order valence-corrected chi connectivity index (χ4v) is 3.12. The lowest BCUT2D eigenvalue weighted by atomic mass is 10.0. The largest absolute Gasteiger partial charge is 0.354 e. The molecule has 0 aromatic carbocycles. The maximum Gasteiger partial charge on any atom is 0.256 e. The average molecular weight is 334 g/mol. The van der Waals surface area contributed by atoms with Gasteiger partial charge in [0.2, 0.25) is 5.95 Å². The summed E-state index contributed by atoms with van der Waals surface area (Å²) in [5.74, 6) is 0.0906. The molecule has 1 aromatic rings. The minimum Gasteiger partial charge on any atom is -0.354 e. The standard InChI is InChI=1S/C17H26N4O3/c1-2-3-4-7-18-16-19-12-14(13-20-16)15(22)21-8-5-17(6-9-21)23-10-11-24-17/h12-13H,2-11H2,1H3,(H,18,19,20). The number of anilines is 1. The SMILES string of the molecule is CCCCCNc1ncc(C(=O)N2CCC3(CC2)OCCO3)cn1. The molecule has 3 heterocycles. The summed E-state index contributed by atoms with van der Waals surface area (Å²) < 4.78 is 11.4. The van der Waals surface area contributed by atoms with E-state index in [1.54, 1.807) is 12.4 Å². The van der Waals surface area contributed by atoms with Gasteiger partial charge in [0.05, 0.1) is 18.8 Å². The molecule has 0 aliphatic carbocycles. The number of likely N-dealkylation sites (tertiary alicyclic amines) is 1. The maximum atomic E-state index is 12.6. The number of aromatic nitrogens is 2. The molecule has 24 heavy (non-hydrogen) atoms. The predicted molar refractivity (Wildman–Crippen MR) is 89.8 cm³/mol. The van der Waals surface area contributed by atoms with Gasteiger partial charge in [-0.3, -0.25) is 4.79 Å². The quantitative estimate of drug-likeness (QED) is 0.803. The topological polar surface area (TPSA) is 76.6 Å². The Kier molecular flexibility index (Phi) is 5.63. The van der Waals surface area contributed by atoms with E-state index in [4.69, 9.17) is 9.47 Å². The summed E-state index contributed by atoms with van der Waals surface area (Å²) in [5.41, 5.74) is 0.526. The number of unbranched alkanes of at least 4 members (excludes halogenated alkanes) is 2. The molecule has 0 saturated carbocycles. The molecule has 2 saturated heterocycles. The van der Waals surface area contributed by atoms with Gasteiger partial charge in [0.25, 0.3) is 5.91 Å². The Morgan fingerprint density at radius 3 is 2.50 bits per heavy atom. The van der Waals surface area contributed by atoms with Crippen molar-refractivity contribution in [2.24, 2.45) is 0 Å². The van der Waals surface area contributed by atoms with Crippen molar-refractivity contribution in [3.8, 4) is 0 Å². The van der Waals surface area contributed by atoms with Gasteiger partial charge >= 0.3 is 0 Å². The highest BCUT2D eigenvalue weighted by Crippen LogP contribution is 2.31. The molecule has 132 valence electrons. The van der Waals surface area contributed by atoms with E-state index in [1.807, 2.05) is 4.90 Å². The fourth-order valence-electron chi connectivity index (χ4n) is 3.12. The second-order valence-electron chi connectivity index (χ2n) is 6.33.